The highest BCUT2D eigenvalue weighted by Crippen LogP contribution is 2.28. The maximum atomic E-state index is 14.0. The number of para-hydroxylation sites is 1. The van der Waals surface area contributed by atoms with Crippen molar-refractivity contribution in [1.29, 1.82) is 0 Å². The lowest BCUT2D eigenvalue weighted by molar-refractivity contribution is -0.141. The van der Waals surface area contributed by atoms with Crippen molar-refractivity contribution in [2.24, 2.45) is 5.92 Å². The zero-order valence-electron chi connectivity index (χ0n) is 14.2. The molecule has 0 bridgehead atoms. The molecule has 1 N–H and O–H groups in total. The topological polar surface area (TPSA) is 52.7 Å². The molecule has 6 heteroatoms. The first-order valence-electron chi connectivity index (χ1n) is 8.55. The number of hydrogen-bond acceptors (Lipinski definition) is 3. The molecule has 2 amide bonds. The molecule has 2 aliphatic heterocycles. The number of halogens is 1. The van der Waals surface area contributed by atoms with Gasteiger partial charge in [0.15, 0.2) is 0 Å². The Labute approximate surface area is 141 Å². The molecule has 0 saturated carbocycles. The molecule has 130 valence electrons. The summed E-state index contributed by atoms with van der Waals surface area (Å²) in [6.07, 6.45) is 2.13. The van der Waals surface area contributed by atoms with Crippen LogP contribution in [0.15, 0.2) is 24.3 Å². The van der Waals surface area contributed by atoms with E-state index in [1.165, 1.54) is 11.0 Å². The van der Waals surface area contributed by atoms with E-state index in [0.29, 0.717) is 24.7 Å². The Kier molecular flexibility index (Phi) is 4.85. The maximum absolute atomic E-state index is 14.0. The zero-order chi connectivity index (χ0) is 17.3. The minimum atomic E-state index is -0.498. The summed E-state index contributed by atoms with van der Waals surface area (Å²) in [4.78, 5) is 28.5. The molecule has 3 rings (SSSR count). The third kappa shape index (κ3) is 3.15. The summed E-state index contributed by atoms with van der Waals surface area (Å²) in [5.41, 5.74) is 0.293. The van der Waals surface area contributed by atoms with Gasteiger partial charge in [-0.1, -0.05) is 12.1 Å². The Hall–Kier alpha value is -1.95. The number of nitrogens with zero attached hydrogens (tertiary/aromatic N) is 2. The van der Waals surface area contributed by atoms with Crippen LogP contribution in [0.5, 0.6) is 0 Å². The second-order valence-corrected chi connectivity index (χ2v) is 6.77. The van der Waals surface area contributed by atoms with Crippen molar-refractivity contribution in [3.8, 4) is 0 Å². The summed E-state index contributed by atoms with van der Waals surface area (Å²) >= 11 is 0. The van der Waals surface area contributed by atoms with Crippen molar-refractivity contribution in [3.63, 3.8) is 0 Å². The highest BCUT2D eigenvalue weighted by Gasteiger charge is 2.40. The number of nitrogens with one attached hydrogen (secondary N) is 1. The highest BCUT2D eigenvalue weighted by molar-refractivity contribution is 6.01. The molecule has 0 spiro atoms. The van der Waals surface area contributed by atoms with Crippen LogP contribution >= 0.6 is 0 Å². The van der Waals surface area contributed by atoms with E-state index in [1.807, 2.05) is 0 Å². The fourth-order valence-electron chi connectivity index (χ4n) is 3.73. The molecule has 2 fully saturated rings. The molecule has 5 nitrogen and oxygen atoms in total. The van der Waals surface area contributed by atoms with Gasteiger partial charge in [-0.05, 0) is 44.9 Å². The third-order valence-electron chi connectivity index (χ3n) is 5.11. The molecule has 0 aromatic heterocycles. The number of piperidine rings is 1. The molecule has 1 unspecified atom stereocenters. The van der Waals surface area contributed by atoms with Crippen LogP contribution in [0.3, 0.4) is 0 Å². The number of carbonyl (C=O) groups is 2. The smallest absolute Gasteiger partial charge is 0.249 e. The largest absolute Gasteiger partial charge is 0.333 e. The minimum absolute atomic E-state index is 0.0251. The van der Waals surface area contributed by atoms with Crippen LogP contribution in [0, 0.1) is 11.7 Å². The summed E-state index contributed by atoms with van der Waals surface area (Å²) in [5.74, 6) is -0.621. The summed E-state index contributed by atoms with van der Waals surface area (Å²) < 4.78 is 14.0. The molecule has 2 saturated heterocycles. The van der Waals surface area contributed by atoms with Gasteiger partial charge in [0, 0.05) is 25.6 Å². The predicted molar refractivity (Wildman–Crippen MR) is 90.1 cm³/mol. The van der Waals surface area contributed by atoms with Crippen molar-refractivity contribution >= 4 is 17.5 Å². The first-order valence-corrected chi connectivity index (χ1v) is 8.55. The van der Waals surface area contributed by atoms with Gasteiger partial charge in [0.05, 0.1) is 5.69 Å². The second kappa shape index (κ2) is 6.89. The number of carbonyl (C=O) groups excluding carboxylic acids is 2. The van der Waals surface area contributed by atoms with E-state index in [1.54, 1.807) is 30.1 Å². The van der Waals surface area contributed by atoms with E-state index in [9.17, 15) is 14.0 Å². The first-order chi connectivity index (χ1) is 11.5. The van der Waals surface area contributed by atoms with Crippen LogP contribution in [0.1, 0.15) is 26.2 Å². The molecule has 24 heavy (non-hydrogen) atoms. The molecule has 2 heterocycles. The van der Waals surface area contributed by atoms with Crippen molar-refractivity contribution in [2.75, 3.05) is 25.0 Å². The van der Waals surface area contributed by atoms with Gasteiger partial charge in [0.25, 0.3) is 0 Å². The number of amides is 2. The van der Waals surface area contributed by atoms with Gasteiger partial charge < -0.3 is 15.1 Å². The molecule has 1 aromatic carbocycles. The zero-order valence-corrected chi connectivity index (χ0v) is 14.2. The molecule has 2 aliphatic rings. The van der Waals surface area contributed by atoms with E-state index in [0.717, 1.165) is 19.4 Å². The normalized spacial score (nSPS) is 27.4. The van der Waals surface area contributed by atoms with E-state index in [4.69, 9.17) is 0 Å². The fourth-order valence-corrected chi connectivity index (χ4v) is 3.73. The van der Waals surface area contributed by atoms with Gasteiger partial charge in [0.1, 0.15) is 11.9 Å². The van der Waals surface area contributed by atoms with Crippen LogP contribution in [-0.4, -0.2) is 48.9 Å². The van der Waals surface area contributed by atoms with Gasteiger partial charge in [0.2, 0.25) is 11.8 Å². The molecule has 3 atom stereocenters. The standard InChI is InChI=1S/C18H24FN3O2/c1-12-11-13(7-9-20-12)17(23)21(2)16-8-10-22(18(16)24)15-6-4-3-5-14(15)19/h3-6,12-13,16,20H,7-11H2,1-2H3/t12-,13-,16?/m0/s1. The third-order valence-corrected chi connectivity index (χ3v) is 5.11. The van der Waals surface area contributed by atoms with Crippen molar-refractivity contribution in [2.45, 2.75) is 38.3 Å². The van der Waals surface area contributed by atoms with Gasteiger partial charge >= 0.3 is 0 Å². The summed E-state index contributed by atoms with van der Waals surface area (Å²) in [5, 5.41) is 3.33. The average Bonchev–Trinajstić information content (AvgIpc) is 2.95. The Balaban J connectivity index is 1.70. The Morgan fingerprint density at radius 2 is 2.08 bits per heavy atom. The Morgan fingerprint density at radius 1 is 1.33 bits per heavy atom. The van der Waals surface area contributed by atoms with E-state index in [2.05, 4.69) is 12.2 Å². The number of anilines is 1. The minimum Gasteiger partial charge on any atom is -0.333 e. The van der Waals surface area contributed by atoms with Crippen molar-refractivity contribution in [1.82, 2.24) is 10.2 Å². The number of likely N-dealkylation sites (N-methyl/N-ethyl adjacent to an activating group) is 1. The van der Waals surface area contributed by atoms with Crippen LogP contribution in [-0.2, 0) is 9.59 Å². The molecule has 0 radical (unpaired) electrons. The van der Waals surface area contributed by atoms with Gasteiger partial charge in [-0.15, -0.1) is 0 Å². The molecule has 1 aromatic rings. The SMILES string of the molecule is C[C@H]1C[C@@H](C(=O)N(C)C2CCN(c3ccccc3F)C2=O)CCN1. The van der Waals surface area contributed by atoms with Crippen LogP contribution in [0.25, 0.3) is 0 Å². The lowest BCUT2D eigenvalue weighted by atomic mass is 9.91. The van der Waals surface area contributed by atoms with E-state index < -0.39 is 11.9 Å². The second-order valence-electron chi connectivity index (χ2n) is 6.77. The van der Waals surface area contributed by atoms with E-state index in [-0.39, 0.29) is 17.7 Å². The summed E-state index contributed by atoms with van der Waals surface area (Å²) in [6.45, 7) is 3.33. The molecule has 0 aliphatic carbocycles. The van der Waals surface area contributed by atoms with E-state index >= 15 is 0 Å². The van der Waals surface area contributed by atoms with Crippen molar-refractivity contribution in [3.05, 3.63) is 30.1 Å². The first kappa shape index (κ1) is 16.9. The summed E-state index contributed by atoms with van der Waals surface area (Å²) in [7, 11) is 1.70. The lowest BCUT2D eigenvalue weighted by Gasteiger charge is -2.32. The van der Waals surface area contributed by atoms with Gasteiger partial charge in [-0.2, -0.15) is 0 Å². The Bertz CT molecular complexity index is 636. The quantitative estimate of drug-likeness (QED) is 0.917. The molecular formula is C18H24FN3O2. The van der Waals surface area contributed by atoms with Gasteiger partial charge in [-0.25, -0.2) is 4.39 Å². The average molecular weight is 333 g/mol. The monoisotopic (exact) mass is 333 g/mol. The Morgan fingerprint density at radius 3 is 2.79 bits per heavy atom. The number of rotatable bonds is 3. The summed E-state index contributed by atoms with van der Waals surface area (Å²) in [6, 6.07) is 6.08. The van der Waals surface area contributed by atoms with Crippen LogP contribution < -0.4 is 10.2 Å². The number of benzene rings is 1. The van der Waals surface area contributed by atoms with Crippen LogP contribution in [0.2, 0.25) is 0 Å². The number of hydrogen-bond donors (Lipinski definition) is 1. The van der Waals surface area contributed by atoms with Gasteiger partial charge in [-0.3, -0.25) is 9.59 Å². The maximum Gasteiger partial charge on any atom is 0.249 e. The van der Waals surface area contributed by atoms with Crippen molar-refractivity contribution < 1.29 is 14.0 Å². The predicted octanol–water partition coefficient (Wildman–Crippen LogP) is 1.78. The van der Waals surface area contributed by atoms with Crippen LogP contribution in [0.4, 0.5) is 10.1 Å². The lowest BCUT2D eigenvalue weighted by Crippen LogP contribution is -2.48. The highest BCUT2D eigenvalue weighted by atomic mass is 19.1. The molecular weight excluding hydrogens is 309 g/mol. The fraction of sp³-hybridized carbons (Fsp3) is 0.556.